The van der Waals surface area contributed by atoms with Gasteiger partial charge in [0.05, 0.1) is 0 Å². The lowest BCUT2D eigenvalue weighted by Gasteiger charge is -2.02. The van der Waals surface area contributed by atoms with Gasteiger partial charge in [-0.3, -0.25) is 4.99 Å². The van der Waals surface area contributed by atoms with Crippen LogP contribution in [0.4, 0.5) is 0 Å². The fourth-order valence-electron chi connectivity index (χ4n) is 0.763. The van der Waals surface area contributed by atoms with Gasteiger partial charge in [-0.05, 0) is 26.0 Å². The highest BCUT2D eigenvalue weighted by molar-refractivity contribution is 5.78. The summed E-state index contributed by atoms with van der Waals surface area (Å²) in [7, 11) is 0. The number of aliphatic imine (C=N–C) groups is 1. The second kappa shape index (κ2) is 6.67. The highest BCUT2D eigenvalue weighted by atomic mass is 15.1. The average molecular weight is 170 g/mol. The van der Waals surface area contributed by atoms with Gasteiger partial charge in [0.25, 0.3) is 0 Å². The van der Waals surface area contributed by atoms with Crippen LogP contribution in [0.1, 0.15) is 19.8 Å². The molecule has 4 heteroatoms. The topological polar surface area (TPSA) is 76.4 Å². The van der Waals surface area contributed by atoms with E-state index >= 15 is 0 Å². The molecule has 4 nitrogen and oxygen atoms in total. The Kier molecular flexibility index (Phi) is 6.09. The lowest BCUT2D eigenvalue weighted by Crippen LogP contribution is -2.27. The van der Waals surface area contributed by atoms with Crippen LogP contribution >= 0.6 is 0 Å². The molecule has 0 bridgehead atoms. The van der Waals surface area contributed by atoms with Gasteiger partial charge in [-0.1, -0.05) is 6.58 Å². The Morgan fingerprint density at radius 3 is 2.92 bits per heavy atom. The molecule has 0 aromatic heterocycles. The summed E-state index contributed by atoms with van der Waals surface area (Å²) in [5, 5.41) is 2.69. The number of rotatable bonds is 5. The van der Waals surface area contributed by atoms with Gasteiger partial charge in [-0.2, -0.15) is 0 Å². The van der Waals surface area contributed by atoms with Gasteiger partial charge < -0.3 is 16.8 Å². The molecule has 0 saturated carbocycles. The summed E-state index contributed by atoms with van der Waals surface area (Å²) in [5.74, 6) is 0.412. The largest absolute Gasteiger partial charge is 0.370 e. The molecular formula is C8H18N4. The lowest BCUT2D eigenvalue weighted by molar-refractivity contribution is 0.631. The summed E-state index contributed by atoms with van der Waals surface area (Å²) in [6, 6.07) is 0.244. The second-order valence-corrected chi connectivity index (χ2v) is 2.73. The quantitative estimate of drug-likeness (QED) is 0.312. The highest BCUT2D eigenvalue weighted by Gasteiger charge is 1.92. The molecule has 1 unspecified atom stereocenters. The van der Waals surface area contributed by atoms with Crippen molar-refractivity contribution in [3.8, 4) is 0 Å². The molecule has 0 amide bonds. The van der Waals surface area contributed by atoms with E-state index in [-0.39, 0.29) is 6.04 Å². The summed E-state index contributed by atoms with van der Waals surface area (Å²) in [6.07, 6.45) is 3.45. The maximum absolute atomic E-state index is 5.56. The number of nitrogens with two attached hydrogens (primary N) is 2. The van der Waals surface area contributed by atoms with Crippen molar-refractivity contribution in [2.75, 3.05) is 6.54 Å². The maximum atomic E-state index is 5.56. The van der Waals surface area contributed by atoms with E-state index < -0.39 is 0 Å². The number of nitrogens with one attached hydrogen (secondary N) is 1. The van der Waals surface area contributed by atoms with Gasteiger partial charge >= 0.3 is 0 Å². The average Bonchev–Trinajstić information content (AvgIpc) is 1.98. The predicted molar refractivity (Wildman–Crippen MR) is 52.7 cm³/mol. The number of hydrogen-bond acceptors (Lipinski definition) is 2. The van der Waals surface area contributed by atoms with E-state index in [1.165, 1.54) is 6.20 Å². The minimum absolute atomic E-state index is 0.244. The zero-order chi connectivity index (χ0) is 9.40. The first-order valence-corrected chi connectivity index (χ1v) is 4.09. The third-order valence-electron chi connectivity index (χ3n) is 1.35. The van der Waals surface area contributed by atoms with Gasteiger partial charge in [-0.15, -0.1) is 0 Å². The van der Waals surface area contributed by atoms with Crippen LogP contribution in [-0.4, -0.2) is 18.5 Å². The van der Waals surface area contributed by atoms with Gasteiger partial charge in [0.15, 0.2) is 5.96 Å². The molecule has 0 fully saturated rings. The molecular weight excluding hydrogens is 152 g/mol. The first kappa shape index (κ1) is 11.0. The van der Waals surface area contributed by atoms with Crippen LogP contribution in [0.2, 0.25) is 0 Å². The SMILES string of the molecule is C=CNC(N)=NCCCC(C)N. The minimum Gasteiger partial charge on any atom is -0.370 e. The van der Waals surface area contributed by atoms with Crippen LogP contribution in [0.15, 0.2) is 17.8 Å². The smallest absolute Gasteiger partial charge is 0.192 e. The molecule has 0 radical (unpaired) electrons. The molecule has 0 aliphatic carbocycles. The molecule has 0 aliphatic heterocycles. The minimum atomic E-state index is 0.244. The summed E-state index contributed by atoms with van der Waals surface area (Å²) in [4.78, 5) is 4.04. The Hall–Kier alpha value is -1.03. The second-order valence-electron chi connectivity index (χ2n) is 2.73. The molecule has 0 aromatic carbocycles. The molecule has 0 heterocycles. The van der Waals surface area contributed by atoms with Gasteiger partial charge in [0.1, 0.15) is 0 Å². The lowest BCUT2D eigenvalue weighted by atomic mass is 10.2. The van der Waals surface area contributed by atoms with E-state index in [1.807, 2.05) is 6.92 Å². The summed E-state index contributed by atoms with van der Waals surface area (Å²) in [6.45, 7) is 6.16. The Bertz CT molecular complexity index is 151. The zero-order valence-corrected chi connectivity index (χ0v) is 7.59. The molecule has 0 spiro atoms. The first-order chi connectivity index (χ1) is 5.66. The van der Waals surface area contributed by atoms with E-state index in [0.29, 0.717) is 12.5 Å². The fourth-order valence-corrected chi connectivity index (χ4v) is 0.763. The van der Waals surface area contributed by atoms with Crippen LogP contribution in [-0.2, 0) is 0 Å². The van der Waals surface area contributed by atoms with Crippen LogP contribution in [0.3, 0.4) is 0 Å². The van der Waals surface area contributed by atoms with Crippen molar-refractivity contribution in [2.45, 2.75) is 25.8 Å². The first-order valence-electron chi connectivity index (χ1n) is 4.09. The van der Waals surface area contributed by atoms with Crippen molar-refractivity contribution >= 4 is 5.96 Å². The van der Waals surface area contributed by atoms with E-state index in [2.05, 4.69) is 16.9 Å². The molecule has 0 saturated heterocycles. The molecule has 5 N–H and O–H groups in total. The molecule has 0 aliphatic rings. The summed E-state index contributed by atoms with van der Waals surface area (Å²) in [5.41, 5.74) is 11.0. The Morgan fingerprint density at radius 1 is 1.75 bits per heavy atom. The fraction of sp³-hybridized carbons (Fsp3) is 0.625. The standard InChI is InChI=1S/C8H18N4/c1-3-11-8(10)12-6-4-5-7(2)9/h3,7H,1,4-6,9H2,2H3,(H3,10,11,12). The summed E-state index contributed by atoms with van der Waals surface area (Å²) >= 11 is 0. The van der Waals surface area contributed by atoms with Crippen LogP contribution in [0.5, 0.6) is 0 Å². The third kappa shape index (κ3) is 7.08. The number of nitrogens with zero attached hydrogens (tertiary/aromatic N) is 1. The van der Waals surface area contributed by atoms with Crippen LogP contribution in [0, 0.1) is 0 Å². The van der Waals surface area contributed by atoms with Crippen molar-refractivity contribution in [1.82, 2.24) is 5.32 Å². The highest BCUT2D eigenvalue weighted by Crippen LogP contribution is 1.92. The van der Waals surface area contributed by atoms with Crippen LogP contribution < -0.4 is 16.8 Å². The van der Waals surface area contributed by atoms with Gasteiger partial charge in [-0.25, -0.2) is 0 Å². The summed E-state index contributed by atoms with van der Waals surface area (Å²) < 4.78 is 0. The van der Waals surface area contributed by atoms with E-state index in [4.69, 9.17) is 11.5 Å². The van der Waals surface area contributed by atoms with Crippen LogP contribution in [0.25, 0.3) is 0 Å². The molecule has 0 aromatic rings. The van der Waals surface area contributed by atoms with Crippen molar-refractivity contribution in [3.63, 3.8) is 0 Å². The molecule has 0 rings (SSSR count). The van der Waals surface area contributed by atoms with Crippen molar-refractivity contribution < 1.29 is 0 Å². The van der Waals surface area contributed by atoms with E-state index in [0.717, 1.165) is 12.8 Å². The van der Waals surface area contributed by atoms with Crippen molar-refractivity contribution in [2.24, 2.45) is 16.5 Å². The Balaban J connectivity index is 3.39. The molecule has 1 atom stereocenters. The Labute approximate surface area is 73.7 Å². The Morgan fingerprint density at radius 2 is 2.42 bits per heavy atom. The van der Waals surface area contributed by atoms with E-state index in [9.17, 15) is 0 Å². The van der Waals surface area contributed by atoms with Crippen molar-refractivity contribution in [3.05, 3.63) is 12.8 Å². The number of guanidine groups is 1. The predicted octanol–water partition coefficient (Wildman–Crippen LogP) is 0.162. The third-order valence-corrected chi connectivity index (χ3v) is 1.35. The number of hydrogen-bond donors (Lipinski definition) is 3. The van der Waals surface area contributed by atoms with Gasteiger partial charge in [0, 0.05) is 12.6 Å². The zero-order valence-electron chi connectivity index (χ0n) is 7.59. The van der Waals surface area contributed by atoms with E-state index in [1.54, 1.807) is 0 Å². The normalized spacial score (nSPS) is 14.0. The molecule has 70 valence electrons. The van der Waals surface area contributed by atoms with Gasteiger partial charge in [0.2, 0.25) is 0 Å². The maximum Gasteiger partial charge on any atom is 0.192 e. The van der Waals surface area contributed by atoms with Crippen molar-refractivity contribution in [1.29, 1.82) is 0 Å². The molecule has 12 heavy (non-hydrogen) atoms. The monoisotopic (exact) mass is 170 g/mol.